The first-order valence-electron chi connectivity index (χ1n) is 5.92. The summed E-state index contributed by atoms with van der Waals surface area (Å²) in [7, 11) is 0. The second kappa shape index (κ2) is 6.15. The summed E-state index contributed by atoms with van der Waals surface area (Å²) in [5.41, 5.74) is 2.50. The Labute approximate surface area is 105 Å². The van der Waals surface area contributed by atoms with Crippen molar-refractivity contribution in [3.63, 3.8) is 0 Å². The topological polar surface area (TPSA) is 12.0 Å². The van der Waals surface area contributed by atoms with Crippen LogP contribution in [0.2, 0.25) is 0 Å². The zero-order chi connectivity index (χ0) is 12.8. The maximum absolute atomic E-state index is 13.4. The first kappa shape index (κ1) is 12.6. The molecule has 0 fully saturated rings. The molecule has 3 heteroatoms. The molecule has 0 aliphatic rings. The Bertz CT molecular complexity index is 494. The van der Waals surface area contributed by atoms with Gasteiger partial charge in [0, 0.05) is 24.2 Å². The van der Waals surface area contributed by atoms with Gasteiger partial charge in [-0.3, -0.25) is 4.39 Å². The molecule has 0 spiro atoms. The fraction of sp³-hybridized carbons (Fsp3) is 0.200. The van der Waals surface area contributed by atoms with Crippen LogP contribution in [0.15, 0.2) is 48.5 Å². The summed E-state index contributed by atoms with van der Waals surface area (Å²) in [6, 6.07) is 14.2. The molecule has 0 unspecified atom stereocenters. The van der Waals surface area contributed by atoms with Crippen LogP contribution in [-0.4, -0.2) is 6.67 Å². The van der Waals surface area contributed by atoms with Gasteiger partial charge in [0.25, 0.3) is 0 Å². The zero-order valence-corrected chi connectivity index (χ0v) is 10.00. The average molecular weight is 247 g/mol. The van der Waals surface area contributed by atoms with Gasteiger partial charge in [0.05, 0.1) is 6.67 Å². The summed E-state index contributed by atoms with van der Waals surface area (Å²) in [5.74, 6) is -0.209. The van der Waals surface area contributed by atoms with Crippen molar-refractivity contribution < 1.29 is 8.78 Å². The second-order valence-electron chi connectivity index (χ2n) is 4.08. The second-order valence-corrected chi connectivity index (χ2v) is 4.08. The number of hydrogen-bond acceptors (Lipinski definition) is 1. The van der Waals surface area contributed by atoms with Gasteiger partial charge in [-0.25, -0.2) is 4.39 Å². The quantitative estimate of drug-likeness (QED) is 0.843. The largest absolute Gasteiger partial charge is 0.381 e. The molecule has 0 radical (unpaired) electrons. The van der Waals surface area contributed by atoms with Gasteiger partial charge in [-0.1, -0.05) is 30.3 Å². The summed E-state index contributed by atoms with van der Waals surface area (Å²) < 4.78 is 25.5. The normalized spacial score (nSPS) is 10.3. The minimum absolute atomic E-state index is 0.209. The lowest BCUT2D eigenvalue weighted by molar-refractivity contribution is 0.495. The molecule has 0 bridgehead atoms. The summed E-state index contributed by atoms with van der Waals surface area (Å²) >= 11 is 0. The van der Waals surface area contributed by atoms with E-state index in [1.54, 1.807) is 12.1 Å². The molecule has 0 heterocycles. The summed E-state index contributed by atoms with van der Waals surface area (Å²) in [5, 5.41) is 3.14. The number of hydrogen-bond donors (Lipinski definition) is 1. The van der Waals surface area contributed by atoms with Gasteiger partial charge >= 0.3 is 0 Å². The Morgan fingerprint density at radius 2 is 1.67 bits per heavy atom. The lowest BCUT2D eigenvalue weighted by atomic mass is 10.1. The van der Waals surface area contributed by atoms with E-state index in [9.17, 15) is 8.78 Å². The molecule has 94 valence electrons. The van der Waals surface area contributed by atoms with Gasteiger partial charge in [-0.05, 0) is 23.8 Å². The zero-order valence-electron chi connectivity index (χ0n) is 10.00. The van der Waals surface area contributed by atoms with E-state index in [2.05, 4.69) is 5.32 Å². The number of anilines is 1. The van der Waals surface area contributed by atoms with Crippen LogP contribution in [0, 0.1) is 5.82 Å². The Kier molecular flexibility index (Phi) is 4.29. The molecular weight excluding hydrogens is 232 g/mol. The third-order valence-corrected chi connectivity index (χ3v) is 2.78. The van der Waals surface area contributed by atoms with E-state index in [-0.39, 0.29) is 12.5 Å². The van der Waals surface area contributed by atoms with Gasteiger partial charge in [-0.15, -0.1) is 0 Å². The van der Waals surface area contributed by atoms with Crippen LogP contribution in [0.3, 0.4) is 0 Å². The summed E-state index contributed by atoms with van der Waals surface area (Å²) in [4.78, 5) is 0. The van der Waals surface area contributed by atoms with E-state index in [4.69, 9.17) is 0 Å². The smallest absolute Gasteiger partial charge is 0.128 e. The summed E-state index contributed by atoms with van der Waals surface area (Å²) in [6.07, 6.45) is 0.438. The Balaban J connectivity index is 1.96. The van der Waals surface area contributed by atoms with Gasteiger partial charge < -0.3 is 5.32 Å². The molecule has 0 atom stereocenters. The standard InChI is InChI=1S/C15H15F2N/c16-10-9-12-5-7-14(8-6-12)18-11-13-3-1-2-4-15(13)17/h1-8,18H,9-11H2. The van der Waals surface area contributed by atoms with Crippen molar-refractivity contribution in [2.45, 2.75) is 13.0 Å². The molecule has 0 aliphatic carbocycles. The van der Waals surface area contributed by atoms with Crippen LogP contribution in [-0.2, 0) is 13.0 Å². The van der Waals surface area contributed by atoms with E-state index in [1.807, 2.05) is 30.3 Å². The van der Waals surface area contributed by atoms with Gasteiger partial charge in [0.2, 0.25) is 0 Å². The van der Waals surface area contributed by atoms with Crippen LogP contribution in [0.4, 0.5) is 14.5 Å². The highest BCUT2D eigenvalue weighted by Crippen LogP contribution is 2.13. The molecule has 0 saturated carbocycles. The molecule has 0 aliphatic heterocycles. The number of alkyl halides is 1. The number of rotatable bonds is 5. The third-order valence-electron chi connectivity index (χ3n) is 2.78. The van der Waals surface area contributed by atoms with E-state index in [0.29, 0.717) is 18.5 Å². The number of benzene rings is 2. The Hall–Kier alpha value is -1.90. The highest BCUT2D eigenvalue weighted by Gasteiger charge is 2.00. The number of nitrogens with one attached hydrogen (secondary N) is 1. The fourth-order valence-corrected chi connectivity index (χ4v) is 1.74. The van der Waals surface area contributed by atoms with E-state index in [1.165, 1.54) is 6.07 Å². The lowest BCUT2D eigenvalue weighted by Gasteiger charge is -2.08. The molecule has 2 rings (SSSR count). The average Bonchev–Trinajstić information content (AvgIpc) is 2.40. The third kappa shape index (κ3) is 3.29. The predicted molar refractivity (Wildman–Crippen MR) is 69.8 cm³/mol. The maximum Gasteiger partial charge on any atom is 0.128 e. The van der Waals surface area contributed by atoms with Crippen molar-refractivity contribution >= 4 is 5.69 Å². The molecule has 2 aromatic carbocycles. The van der Waals surface area contributed by atoms with Crippen molar-refractivity contribution in [3.05, 3.63) is 65.5 Å². The van der Waals surface area contributed by atoms with Crippen LogP contribution in [0.1, 0.15) is 11.1 Å². The van der Waals surface area contributed by atoms with E-state index >= 15 is 0 Å². The molecule has 1 nitrogen and oxygen atoms in total. The fourth-order valence-electron chi connectivity index (χ4n) is 1.74. The molecule has 1 N–H and O–H groups in total. The van der Waals surface area contributed by atoms with Gasteiger partial charge in [0.15, 0.2) is 0 Å². The van der Waals surface area contributed by atoms with Gasteiger partial charge in [-0.2, -0.15) is 0 Å². The minimum Gasteiger partial charge on any atom is -0.381 e. The van der Waals surface area contributed by atoms with Crippen LogP contribution < -0.4 is 5.32 Å². The first-order chi connectivity index (χ1) is 8.79. The first-order valence-corrected chi connectivity index (χ1v) is 5.92. The molecule has 0 amide bonds. The van der Waals surface area contributed by atoms with Crippen molar-refractivity contribution in [3.8, 4) is 0 Å². The monoisotopic (exact) mass is 247 g/mol. The van der Waals surface area contributed by atoms with Crippen LogP contribution in [0.25, 0.3) is 0 Å². The molecule has 0 aromatic heterocycles. The highest BCUT2D eigenvalue weighted by atomic mass is 19.1. The minimum atomic E-state index is -0.345. The number of halogens is 2. The molecular formula is C15H15F2N. The molecule has 18 heavy (non-hydrogen) atoms. The van der Waals surface area contributed by atoms with Crippen LogP contribution >= 0.6 is 0 Å². The molecule has 2 aromatic rings. The van der Waals surface area contributed by atoms with Crippen molar-refractivity contribution in [1.29, 1.82) is 0 Å². The Morgan fingerprint density at radius 3 is 2.33 bits per heavy atom. The van der Waals surface area contributed by atoms with Crippen LogP contribution in [0.5, 0.6) is 0 Å². The Morgan fingerprint density at radius 1 is 0.944 bits per heavy atom. The SMILES string of the molecule is FCCc1ccc(NCc2ccccc2F)cc1. The summed E-state index contributed by atoms with van der Waals surface area (Å²) in [6.45, 7) is 0.0944. The van der Waals surface area contributed by atoms with E-state index < -0.39 is 0 Å². The lowest BCUT2D eigenvalue weighted by Crippen LogP contribution is -2.01. The van der Waals surface area contributed by atoms with E-state index in [0.717, 1.165) is 11.3 Å². The van der Waals surface area contributed by atoms with Gasteiger partial charge in [0.1, 0.15) is 5.82 Å². The maximum atomic E-state index is 13.4. The van der Waals surface area contributed by atoms with Crippen molar-refractivity contribution in [1.82, 2.24) is 0 Å². The molecule has 0 saturated heterocycles. The number of aryl methyl sites for hydroxylation is 1. The van der Waals surface area contributed by atoms with Crippen molar-refractivity contribution in [2.24, 2.45) is 0 Å². The van der Waals surface area contributed by atoms with Crippen molar-refractivity contribution in [2.75, 3.05) is 12.0 Å². The predicted octanol–water partition coefficient (Wildman–Crippen LogP) is 3.95. The highest BCUT2D eigenvalue weighted by molar-refractivity contribution is 5.45.